The number of fused-ring (bicyclic) bond motifs is 1. The molecule has 0 aromatic heterocycles. The number of methoxy groups -OCH3 is 1. The van der Waals surface area contributed by atoms with Gasteiger partial charge in [-0.2, -0.15) is 0 Å². The van der Waals surface area contributed by atoms with Crippen LogP contribution in [0.4, 0.5) is 11.4 Å². The summed E-state index contributed by atoms with van der Waals surface area (Å²) in [5, 5.41) is 7.55. The second-order valence-corrected chi connectivity index (χ2v) is 8.92. The van der Waals surface area contributed by atoms with Gasteiger partial charge in [-0.1, -0.05) is 36.4 Å². The molecule has 2 amide bonds. The van der Waals surface area contributed by atoms with Gasteiger partial charge in [-0.25, -0.2) is 9.86 Å². The summed E-state index contributed by atoms with van der Waals surface area (Å²) in [5.41, 5.74) is 4.55. The molecule has 0 radical (unpaired) electrons. The van der Waals surface area contributed by atoms with Gasteiger partial charge in [0.15, 0.2) is 0 Å². The lowest BCUT2D eigenvalue weighted by Gasteiger charge is -2.22. The number of anilines is 2. The Morgan fingerprint density at radius 1 is 0.868 bits per heavy atom. The maximum absolute atomic E-state index is 13.2. The number of esters is 1. The van der Waals surface area contributed by atoms with Crippen LogP contribution in [0.5, 0.6) is 0 Å². The van der Waals surface area contributed by atoms with Gasteiger partial charge in [0, 0.05) is 23.4 Å². The number of hydrogen-bond donors (Lipinski definition) is 2. The van der Waals surface area contributed by atoms with Crippen molar-refractivity contribution in [3.8, 4) is 0 Å². The third-order valence-corrected chi connectivity index (χ3v) is 6.10. The minimum atomic E-state index is -0.482. The molecule has 0 unspecified atom stereocenters. The van der Waals surface area contributed by atoms with Crippen LogP contribution in [-0.4, -0.2) is 69.2 Å². The number of hydrogen-bond acceptors (Lipinski definition) is 7. The molecule has 9 heteroatoms. The summed E-state index contributed by atoms with van der Waals surface area (Å²) in [6.45, 7) is 1.09. The van der Waals surface area contributed by atoms with Crippen molar-refractivity contribution in [3.05, 3.63) is 95.1 Å². The zero-order valence-electron chi connectivity index (χ0n) is 21.8. The molecule has 38 heavy (non-hydrogen) atoms. The minimum Gasteiger partial charge on any atom is -0.465 e. The fraction of sp³-hybridized carbons (Fsp3) is 0.207. The molecule has 0 atom stereocenters. The smallest absolute Gasteiger partial charge is 0.337 e. The molecule has 0 bridgehead atoms. The lowest BCUT2D eigenvalue weighted by Crippen LogP contribution is -2.35. The quantitative estimate of drug-likeness (QED) is 0.253. The van der Waals surface area contributed by atoms with Crippen LogP contribution < -0.4 is 10.6 Å². The summed E-state index contributed by atoms with van der Waals surface area (Å²) in [6, 6.07) is 21.4. The lowest BCUT2D eigenvalue weighted by molar-refractivity contribution is -0.110. The van der Waals surface area contributed by atoms with Crippen LogP contribution >= 0.6 is 0 Å². The summed E-state index contributed by atoms with van der Waals surface area (Å²) in [6.07, 6.45) is 0. The highest BCUT2D eigenvalue weighted by atomic mass is 16.7. The van der Waals surface area contributed by atoms with Gasteiger partial charge >= 0.3 is 5.97 Å². The number of amides is 2. The summed E-state index contributed by atoms with van der Waals surface area (Å²) in [4.78, 5) is 45.3. The second kappa shape index (κ2) is 11.7. The normalized spacial score (nSPS) is 13.6. The molecule has 1 aliphatic rings. The number of carbonyl (C=O) groups is 3. The third kappa shape index (κ3) is 5.74. The van der Waals surface area contributed by atoms with E-state index in [0.717, 1.165) is 5.56 Å². The van der Waals surface area contributed by atoms with Crippen molar-refractivity contribution < 1.29 is 24.0 Å². The Balaban J connectivity index is 1.67. The highest BCUT2D eigenvalue weighted by Gasteiger charge is 2.29. The van der Waals surface area contributed by atoms with E-state index in [-0.39, 0.29) is 11.8 Å². The van der Waals surface area contributed by atoms with Crippen molar-refractivity contribution >= 4 is 40.4 Å². The predicted octanol–water partition coefficient (Wildman–Crippen LogP) is 3.97. The van der Waals surface area contributed by atoms with Gasteiger partial charge in [0.1, 0.15) is 0 Å². The molecule has 196 valence electrons. The van der Waals surface area contributed by atoms with E-state index in [4.69, 9.17) is 9.57 Å². The molecular weight excluding hydrogens is 484 g/mol. The minimum absolute atomic E-state index is 0.243. The Bertz CT molecular complexity index is 1370. The van der Waals surface area contributed by atoms with Crippen LogP contribution in [0, 0.1) is 0 Å². The van der Waals surface area contributed by atoms with Gasteiger partial charge in [0.25, 0.3) is 11.8 Å². The SMILES string of the molecule is COC(=O)c1ccc2c(c1)NC(=O)/C2=C(\Nc1ccc(C(=O)N(CCN(C)C)OC)cc1)c1ccccc1. The van der Waals surface area contributed by atoms with Crippen molar-refractivity contribution in [1.82, 2.24) is 9.96 Å². The zero-order chi connectivity index (χ0) is 27.2. The Morgan fingerprint density at radius 2 is 1.55 bits per heavy atom. The third-order valence-electron chi connectivity index (χ3n) is 6.10. The van der Waals surface area contributed by atoms with Crippen LogP contribution in [0.2, 0.25) is 0 Å². The van der Waals surface area contributed by atoms with Crippen molar-refractivity contribution in [3.63, 3.8) is 0 Å². The molecule has 1 aliphatic heterocycles. The Morgan fingerprint density at radius 3 is 2.18 bits per heavy atom. The molecule has 4 rings (SSSR count). The van der Waals surface area contributed by atoms with Gasteiger partial charge in [-0.3, -0.25) is 14.4 Å². The topological polar surface area (TPSA) is 100 Å². The van der Waals surface area contributed by atoms with Gasteiger partial charge in [0.05, 0.1) is 43.3 Å². The summed E-state index contributed by atoms with van der Waals surface area (Å²) < 4.78 is 4.80. The number of benzene rings is 3. The van der Waals surface area contributed by atoms with E-state index in [1.807, 2.05) is 49.3 Å². The first kappa shape index (κ1) is 26.6. The van der Waals surface area contributed by atoms with E-state index < -0.39 is 5.97 Å². The van der Waals surface area contributed by atoms with Crippen molar-refractivity contribution in [1.29, 1.82) is 0 Å². The maximum Gasteiger partial charge on any atom is 0.337 e. The van der Waals surface area contributed by atoms with Gasteiger partial charge in [-0.15, -0.1) is 0 Å². The number of carbonyl (C=O) groups excluding carboxylic acids is 3. The number of likely N-dealkylation sites (N-methyl/N-ethyl adjacent to an activating group) is 1. The van der Waals surface area contributed by atoms with E-state index in [0.29, 0.717) is 52.4 Å². The Hall–Kier alpha value is -4.47. The fourth-order valence-corrected chi connectivity index (χ4v) is 4.10. The Kier molecular flexibility index (Phi) is 8.20. The number of ether oxygens (including phenoxy) is 1. The van der Waals surface area contributed by atoms with Gasteiger partial charge in [-0.05, 0) is 56.1 Å². The highest BCUT2D eigenvalue weighted by molar-refractivity contribution is 6.37. The van der Waals surface area contributed by atoms with E-state index in [9.17, 15) is 14.4 Å². The van der Waals surface area contributed by atoms with E-state index in [2.05, 4.69) is 10.6 Å². The molecule has 2 N–H and O–H groups in total. The van der Waals surface area contributed by atoms with Crippen LogP contribution in [0.25, 0.3) is 11.3 Å². The molecule has 0 saturated carbocycles. The molecule has 3 aromatic rings. The van der Waals surface area contributed by atoms with Crippen LogP contribution in [0.3, 0.4) is 0 Å². The summed E-state index contributed by atoms with van der Waals surface area (Å²) in [7, 11) is 6.64. The first-order valence-corrected chi connectivity index (χ1v) is 12.0. The second-order valence-electron chi connectivity index (χ2n) is 8.92. The first-order chi connectivity index (χ1) is 18.3. The molecule has 1 heterocycles. The van der Waals surface area contributed by atoms with Crippen LogP contribution in [-0.2, 0) is 14.4 Å². The van der Waals surface area contributed by atoms with Crippen LogP contribution in [0.1, 0.15) is 31.8 Å². The molecule has 9 nitrogen and oxygen atoms in total. The van der Waals surface area contributed by atoms with E-state index in [1.54, 1.807) is 42.5 Å². The number of hydroxylamine groups is 2. The lowest BCUT2D eigenvalue weighted by atomic mass is 9.99. The average molecular weight is 515 g/mol. The summed E-state index contributed by atoms with van der Waals surface area (Å²) in [5.74, 6) is -1.02. The van der Waals surface area contributed by atoms with Gasteiger partial charge < -0.3 is 20.3 Å². The van der Waals surface area contributed by atoms with Crippen molar-refractivity contribution in [2.45, 2.75) is 0 Å². The summed E-state index contributed by atoms with van der Waals surface area (Å²) >= 11 is 0. The van der Waals surface area contributed by atoms with Gasteiger partial charge in [0.2, 0.25) is 0 Å². The number of rotatable bonds is 9. The fourth-order valence-electron chi connectivity index (χ4n) is 4.10. The largest absolute Gasteiger partial charge is 0.465 e. The monoisotopic (exact) mass is 514 g/mol. The number of nitrogens with one attached hydrogen (secondary N) is 2. The molecule has 0 saturated heterocycles. The van der Waals surface area contributed by atoms with Crippen molar-refractivity contribution in [2.24, 2.45) is 0 Å². The first-order valence-electron chi connectivity index (χ1n) is 12.0. The molecular formula is C29H30N4O5. The molecule has 0 fully saturated rings. The standard InChI is InChI=1S/C29H30N4O5/c1-32(2)16-17-33(38-4)28(35)20-10-13-22(14-11-20)30-26(19-8-6-5-7-9-19)25-23-15-12-21(29(36)37-3)18-24(23)31-27(25)34/h5-15,18,30H,16-17H2,1-4H3,(H,31,34)/b26-25-. The van der Waals surface area contributed by atoms with Crippen LogP contribution in [0.15, 0.2) is 72.8 Å². The maximum atomic E-state index is 13.2. The zero-order valence-corrected chi connectivity index (χ0v) is 21.8. The molecule has 0 spiro atoms. The van der Waals surface area contributed by atoms with Crippen molar-refractivity contribution in [2.75, 3.05) is 52.0 Å². The predicted molar refractivity (Wildman–Crippen MR) is 146 cm³/mol. The average Bonchev–Trinajstić information content (AvgIpc) is 3.26. The molecule has 3 aromatic carbocycles. The van der Waals surface area contributed by atoms with E-state index in [1.165, 1.54) is 19.3 Å². The van der Waals surface area contributed by atoms with E-state index >= 15 is 0 Å². The number of nitrogens with zero attached hydrogens (tertiary/aromatic N) is 2. The Labute approximate surface area is 221 Å². The molecule has 0 aliphatic carbocycles. The highest BCUT2D eigenvalue weighted by Crippen LogP contribution is 2.38.